The number of likely N-dealkylation sites (N-methyl/N-ethyl adjacent to an activating group) is 1. The second-order valence-electron chi connectivity index (χ2n) is 7.31. The van der Waals surface area contributed by atoms with E-state index in [1.165, 1.54) is 6.07 Å². The molecule has 27 heavy (non-hydrogen) atoms. The van der Waals surface area contributed by atoms with Gasteiger partial charge >= 0.3 is 0 Å². The van der Waals surface area contributed by atoms with Crippen molar-refractivity contribution in [2.24, 2.45) is 0 Å². The average Bonchev–Trinajstić information content (AvgIpc) is 2.61. The minimum absolute atomic E-state index is 0.113. The zero-order valence-corrected chi connectivity index (χ0v) is 16.5. The smallest absolute Gasteiger partial charge is 0.244 e. The highest BCUT2D eigenvalue weighted by Gasteiger charge is 2.33. The summed E-state index contributed by atoms with van der Waals surface area (Å²) in [5.74, 6) is 1.11. The number of halogens is 1. The fourth-order valence-corrected chi connectivity index (χ4v) is 3.59. The Morgan fingerprint density at radius 1 is 1.19 bits per heavy atom. The van der Waals surface area contributed by atoms with Crippen molar-refractivity contribution >= 4 is 11.7 Å². The predicted molar refractivity (Wildman–Crippen MR) is 103 cm³/mol. The van der Waals surface area contributed by atoms with Gasteiger partial charge in [0.2, 0.25) is 5.91 Å². The van der Waals surface area contributed by atoms with E-state index in [9.17, 15) is 9.18 Å². The van der Waals surface area contributed by atoms with Crippen molar-refractivity contribution in [2.45, 2.75) is 25.9 Å². The van der Waals surface area contributed by atoms with Gasteiger partial charge in [0.15, 0.2) is 0 Å². The molecule has 0 spiro atoms. The van der Waals surface area contributed by atoms with Crippen LogP contribution in [0.25, 0.3) is 0 Å². The van der Waals surface area contributed by atoms with E-state index in [0.29, 0.717) is 30.9 Å². The molecule has 6 nitrogen and oxygen atoms in total. The van der Waals surface area contributed by atoms with Crippen molar-refractivity contribution < 1.29 is 9.18 Å². The zero-order chi connectivity index (χ0) is 19.7. The molecule has 0 saturated carbocycles. The van der Waals surface area contributed by atoms with Crippen molar-refractivity contribution in [1.29, 1.82) is 0 Å². The van der Waals surface area contributed by atoms with Crippen LogP contribution in [0.3, 0.4) is 0 Å². The van der Waals surface area contributed by atoms with Gasteiger partial charge in [-0.15, -0.1) is 0 Å². The van der Waals surface area contributed by atoms with Gasteiger partial charge < -0.3 is 9.80 Å². The predicted octanol–water partition coefficient (Wildman–Crippen LogP) is 2.18. The summed E-state index contributed by atoms with van der Waals surface area (Å²) in [6.07, 6.45) is 0.687. The van der Waals surface area contributed by atoms with Gasteiger partial charge in [-0.2, -0.15) is 0 Å². The zero-order valence-electron chi connectivity index (χ0n) is 16.5. The van der Waals surface area contributed by atoms with Gasteiger partial charge in [-0.1, -0.05) is 18.2 Å². The molecule has 1 aliphatic rings. The number of rotatable bonds is 4. The Labute approximate surface area is 159 Å². The van der Waals surface area contributed by atoms with Crippen molar-refractivity contribution in [3.63, 3.8) is 0 Å². The number of amides is 1. The molecule has 0 fully saturated rings. The minimum Gasteiger partial charge on any atom is -0.362 e. The standard InChI is InChI=1S/C20H26FN5O/c1-13-22-17-12-26(11-10-15(17)19(23-13)25(4)5)20(27)18(24(2)3)14-8-6-7-9-16(14)21/h6-9,18H,10-12H2,1-5H3. The summed E-state index contributed by atoms with van der Waals surface area (Å²) in [4.78, 5) is 27.9. The molecule has 1 atom stereocenters. The highest BCUT2D eigenvalue weighted by atomic mass is 19.1. The van der Waals surface area contributed by atoms with Crippen LogP contribution in [0, 0.1) is 12.7 Å². The normalized spacial score (nSPS) is 14.9. The van der Waals surface area contributed by atoms with Crippen molar-refractivity contribution in [1.82, 2.24) is 19.8 Å². The van der Waals surface area contributed by atoms with E-state index in [4.69, 9.17) is 0 Å². The molecule has 2 aromatic rings. The molecule has 3 rings (SSSR count). The number of aromatic nitrogens is 2. The summed E-state index contributed by atoms with van der Waals surface area (Å²) >= 11 is 0. The van der Waals surface area contributed by atoms with E-state index in [-0.39, 0.29) is 11.7 Å². The van der Waals surface area contributed by atoms with Crippen molar-refractivity contribution in [2.75, 3.05) is 39.6 Å². The molecule has 1 unspecified atom stereocenters. The fraction of sp³-hybridized carbons (Fsp3) is 0.450. The number of hydrogen-bond acceptors (Lipinski definition) is 5. The molecular formula is C20H26FN5O. The number of hydrogen-bond donors (Lipinski definition) is 0. The number of nitrogens with zero attached hydrogens (tertiary/aromatic N) is 5. The van der Waals surface area contributed by atoms with Gasteiger partial charge in [0.1, 0.15) is 23.5 Å². The van der Waals surface area contributed by atoms with Gasteiger partial charge in [-0.25, -0.2) is 14.4 Å². The van der Waals surface area contributed by atoms with Crippen LogP contribution in [-0.2, 0) is 17.8 Å². The van der Waals surface area contributed by atoms with Crippen LogP contribution in [0.4, 0.5) is 10.2 Å². The van der Waals surface area contributed by atoms with Gasteiger partial charge in [-0.05, 0) is 33.5 Å². The molecular weight excluding hydrogens is 345 g/mol. The third-order valence-corrected chi connectivity index (χ3v) is 4.84. The van der Waals surface area contributed by atoms with Crippen LogP contribution in [0.5, 0.6) is 0 Å². The molecule has 2 heterocycles. The first-order chi connectivity index (χ1) is 12.8. The lowest BCUT2D eigenvalue weighted by molar-refractivity contribution is -0.137. The third kappa shape index (κ3) is 3.78. The van der Waals surface area contributed by atoms with Crippen LogP contribution in [0.2, 0.25) is 0 Å². The quantitative estimate of drug-likeness (QED) is 0.825. The molecule has 0 N–H and O–H groups in total. The minimum atomic E-state index is -0.663. The maximum Gasteiger partial charge on any atom is 0.244 e. The van der Waals surface area contributed by atoms with E-state index in [1.54, 1.807) is 42.1 Å². The first-order valence-electron chi connectivity index (χ1n) is 9.03. The van der Waals surface area contributed by atoms with E-state index in [2.05, 4.69) is 9.97 Å². The number of fused-ring (bicyclic) bond motifs is 1. The molecule has 0 saturated heterocycles. The number of aryl methyl sites for hydroxylation is 1. The first-order valence-corrected chi connectivity index (χ1v) is 9.03. The Hall–Kier alpha value is -2.54. The fourth-order valence-electron chi connectivity index (χ4n) is 3.59. The molecule has 7 heteroatoms. The van der Waals surface area contributed by atoms with Crippen LogP contribution in [0.1, 0.15) is 28.7 Å². The summed E-state index contributed by atoms with van der Waals surface area (Å²) in [5.41, 5.74) is 2.35. The average molecular weight is 371 g/mol. The second kappa shape index (κ2) is 7.60. The maximum atomic E-state index is 14.3. The van der Waals surface area contributed by atoms with Crippen molar-refractivity contribution in [3.8, 4) is 0 Å². The largest absolute Gasteiger partial charge is 0.362 e. The Kier molecular flexibility index (Phi) is 5.41. The summed E-state index contributed by atoms with van der Waals surface area (Å²) in [5, 5.41) is 0. The summed E-state index contributed by atoms with van der Waals surface area (Å²) in [6.45, 7) is 2.84. The lowest BCUT2D eigenvalue weighted by Gasteiger charge is -2.34. The van der Waals surface area contributed by atoms with Crippen LogP contribution >= 0.6 is 0 Å². The molecule has 1 aliphatic heterocycles. The second-order valence-corrected chi connectivity index (χ2v) is 7.31. The van der Waals surface area contributed by atoms with Gasteiger partial charge in [-0.3, -0.25) is 9.69 Å². The number of anilines is 1. The topological polar surface area (TPSA) is 52.6 Å². The van der Waals surface area contributed by atoms with Gasteiger partial charge in [0.25, 0.3) is 0 Å². The summed E-state index contributed by atoms with van der Waals surface area (Å²) in [6, 6.07) is 5.80. The maximum absolute atomic E-state index is 14.3. The lowest BCUT2D eigenvalue weighted by atomic mass is 10.0. The van der Waals surface area contributed by atoms with Crippen LogP contribution in [0.15, 0.2) is 24.3 Å². The summed E-state index contributed by atoms with van der Waals surface area (Å²) < 4.78 is 14.3. The van der Waals surface area contributed by atoms with Crippen LogP contribution < -0.4 is 4.90 Å². The molecule has 1 aromatic heterocycles. The first kappa shape index (κ1) is 19.2. The molecule has 1 aromatic carbocycles. The van der Waals surface area contributed by atoms with Crippen molar-refractivity contribution in [3.05, 3.63) is 52.7 Å². The third-order valence-electron chi connectivity index (χ3n) is 4.84. The molecule has 1 amide bonds. The molecule has 0 bridgehead atoms. The Morgan fingerprint density at radius 2 is 1.89 bits per heavy atom. The van der Waals surface area contributed by atoms with Crippen LogP contribution in [-0.4, -0.2) is 60.4 Å². The number of carbonyl (C=O) groups excluding carboxylic acids is 1. The molecule has 0 radical (unpaired) electrons. The molecule has 0 aliphatic carbocycles. The van der Waals surface area contributed by atoms with E-state index < -0.39 is 6.04 Å². The van der Waals surface area contributed by atoms with E-state index in [0.717, 1.165) is 17.1 Å². The number of carbonyl (C=O) groups is 1. The number of benzene rings is 1. The Bertz CT molecular complexity index is 852. The highest BCUT2D eigenvalue weighted by Crippen LogP contribution is 2.29. The van der Waals surface area contributed by atoms with E-state index in [1.807, 2.05) is 25.9 Å². The Balaban J connectivity index is 1.92. The Morgan fingerprint density at radius 3 is 2.52 bits per heavy atom. The van der Waals surface area contributed by atoms with Gasteiger partial charge in [0, 0.05) is 31.8 Å². The SMILES string of the molecule is Cc1nc2c(c(N(C)C)n1)CCN(C(=O)C(c1ccccc1F)N(C)C)C2. The lowest BCUT2D eigenvalue weighted by Crippen LogP contribution is -2.44. The summed E-state index contributed by atoms with van der Waals surface area (Å²) in [7, 11) is 7.51. The monoisotopic (exact) mass is 371 g/mol. The van der Waals surface area contributed by atoms with E-state index >= 15 is 0 Å². The highest BCUT2D eigenvalue weighted by molar-refractivity contribution is 5.83. The molecule has 144 valence electrons. The van der Waals surface area contributed by atoms with Gasteiger partial charge in [0.05, 0.1) is 12.2 Å².